The molecule has 6 heteroatoms. The van der Waals surface area contributed by atoms with Crippen molar-refractivity contribution in [1.29, 1.82) is 0 Å². The summed E-state index contributed by atoms with van der Waals surface area (Å²) in [5.74, 6) is 1.52. The molecule has 0 atom stereocenters. The lowest BCUT2D eigenvalue weighted by molar-refractivity contribution is -0.121. The van der Waals surface area contributed by atoms with Gasteiger partial charge in [-0.2, -0.15) is 0 Å². The highest BCUT2D eigenvalue weighted by molar-refractivity contribution is 7.99. The van der Waals surface area contributed by atoms with Crippen molar-refractivity contribution >= 4 is 35.0 Å². The van der Waals surface area contributed by atoms with Crippen molar-refractivity contribution in [3.8, 4) is 5.75 Å². The Labute approximate surface area is 150 Å². The maximum atomic E-state index is 12.8. The van der Waals surface area contributed by atoms with E-state index in [1.54, 1.807) is 16.7 Å². The molecular formula is C19H18N2O3S. The SMILES string of the molecule is O=C1COc2ccccc2N1CCC(=O)N1CCSc2ccccc21. The van der Waals surface area contributed by atoms with E-state index in [4.69, 9.17) is 4.74 Å². The number of thioether (sulfide) groups is 1. The molecule has 0 aliphatic carbocycles. The highest BCUT2D eigenvalue weighted by atomic mass is 32.2. The molecule has 2 aliphatic heterocycles. The molecule has 0 aromatic heterocycles. The number of hydrogen-bond acceptors (Lipinski definition) is 4. The quantitative estimate of drug-likeness (QED) is 0.850. The highest BCUT2D eigenvalue weighted by Gasteiger charge is 2.27. The van der Waals surface area contributed by atoms with Gasteiger partial charge in [0.2, 0.25) is 5.91 Å². The second-order valence-corrected chi connectivity index (χ2v) is 7.05. The van der Waals surface area contributed by atoms with Crippen molar-refractivity contribution < 1.29 is 14.3 Å². The van der Waals surface area contributed by atoms with Gasteiger partial charge >= 0.3 is 0 Å². The van der Waals surface area contributed by atoms with Crippen LogP contribution in [0.4, 0.5) is 11.4 Å². The van der Waals surface area contributed by atoms with Crippen LogP contribution >= 0.6 is 11.8 Å². The zero-order valence-electron chi connectivity index (χ0n) is 13.7. The molecule has 2 amide bonds. The van der Waals surface area contributed by atoms with Crippen LogP contribution < -0.4 is 14.5 Å². The van der Waals surface area contributed by atoms with Gasteiger partial charge in [-0.3, -0.25) is 9.59 Å². The summed E-state index contributed by atoms with van der Waals surface area (Å²) < 4.78 is 5.45. The minimum atomic E-state index is -0.110. The van der Waals surface area contributed by atoms with E-state index in [1.165, 1.54) is 0 Å². The number of ether oxygens (including phenoxy) is 1. The van der Waals surface area contributed by atoms with Gasteiger partial charge in [-0.05, 0) is 24.3 Å². The summed E-state index contributed by atoms with van der Waals surface area (Å²) in [7, 11) is 0. The molecule has 0 radical (unpaired) electrons. The number of hydrogen-bond donors (Lipinski definition) is 0. The van der Waals surface area contributed by atoms with Crippen molar-refractivity contribution in [2.45, 2.75) is 11.3 Å². The van der Waals surface area contributed by atoms with E-state index in [2.05, 4.69) is 0 Å². The van der Waals surface area contributed by atoms with E-state index in [1.807, 2.05) is 53.4 Å². The predicted molar refractivity (Wildman–Crippen MR) is 98.4 cm³/mol. The van der Waals surface area contributed by atoms with Crippen LogP contribution in [0.2, 0.25) is 0 Å². The number of fused-ring (bicyclic) bond motifs is 2. The number of amides is 2. The van der Waals surface area contributed by atoms with Crippen molar-refractivity contribution in [3.05, 3.63) is 48.5 Å². The fraction of sp³-hybridized carbons (Fsp3) is 0.263. The summed E-state index contributed by atoms with van der Waals surface area (Å²) in [5, 5.41) is 0. The molecule has 0 spiro atoms. The Morgan fingerprint density at radius 2 is 1.84 bits per heavy atom. The van der Waals surface area contributed by atoms with Gasteiger partial charge in [0.15, 0.2) is 6.61 Å². The maximum absolute atomic E-state index is 12.8. The first kappa shape index (κ1) is 16.0. The van der Waals surface area contributed by atoms with Crippen LogP contribution in [0.1, 0.15) is 6.42 Å². The van der Waals surface area contributed by atoms with Gasteiger partial charge in [0, 0.05) is 30.2 Å². The summed E-state index contributed by atoms with van der Waals surface area (Å²) in [6, 6.07) is 15.4. The number of benzene rings is 2. The monoisotopic (exact) mass is 354 g/mol. The van der Waals surface area contributed by atoms with Gasteiger partial charge < -0.3 is 14.5 Å². The summed E-state index contributed by atoms with van der Waals surface area (Å²) in [6.07, 6.45) is 0.291. The summed E-state index contributed by atoms with van der Waals surface area (Å²) in [4.78, 5) is 29.6. The van der Waals surface area contributed by atoms with Crippen LogP contribution in [0.25, 0.3) is 0 Å². The molecule has 2 heterocycles. The van der Waals surface area contributed by atoms with Gasteiger partial charge in [0.25, 0.3) is 5.91 Å². The molecule has 5 nitrogen and oxygen atoms in total. The zero-order chi connectivity index (χ0) is 17.2. The third kappa shape index (κ3) is 3.09. The lowest BCUT2D eigenvalue weighted by Gasteiger charge is -2.32. The number of anilines is 2. The average Bonchev–Trinajstić information content (AvgIpc) is 2.66. The molecule has 2 aromatic rings. The van der Waals surface area contributed by atoms with Crippen LogP contribution in [-0.4, -0.2) is 37.3 Å². The minimum absolute atomic E-state index is 0.0222. The molecule has 0 unspecified atom stereocenters. The fourth-order valence-corrected chi connectivity index (χ4v) is 4.16. The van der Waals surface area contributed by atoms with Gasteiger partial charge in [-0.25, -0.2) is 0 Å². The maximum Gasteiger partial charge on any atom is 0.265 e. The van der Waals surface area contributed by atoms with E-state index >= 15 is 0 Å². The Morgan fingerprint density at radius 1 is 1.08 bits per heavy atom. The van der Waals surface area contributed by atoms with Crippen LogP contribution in [0.3, 0.4) is 0 Å². The van der Waals surface area contributed by atoms with Crippen LogP contribution in [0.5, 0.6) is 5.75 Å². The molecule has 0 saturated carbocycles. The van der Waals surface area contributed by atoms with E-state index < -0.39 is 0 Å². The molecular weight excluding hydrogens is 336 g/mol. The molecule has 25 heavy (non-hydrogen) atoms. The Morgan fingerprint density at radius 3 is 2.72 bits per heavy atom. The van der Waals surface area contributed by atoms with Crippen molar-refractivity contribution in [2.75, 3.05) is 35.2 Å². The van der Waals surface area contributed by atoms with Crippen LogP contribution in [0.15, 0.2) is 53.4 Å². The summed E-state index contributed by atoms with van der Waals surface area (Å²) in [6.45, 7) is 1.09. The first-order valence-electron chi connectivity index (χ1n) is 8.28. The Balaban J connectivity index is 1.49. The Bertz CT molecular complexity index is 824. The van der Waals surface area contributed by atoms with Gasteiger partial charge in [-0.15, -0.1) is 11.8 Å². The first-order valence-corrected chi connectivity index (χ1v) is 9.27. The Kier molecular flexibility index (Phi) is 4.36. The molecule has 0 bridgehead atoms. The summed E-state index contributed by atoms with van der Waals surface area (Å²) >= 11 is 1.77. The predicted octanol–water partition coefficient (Wildman–Crippen LogP) is 2.94. The number of rotatable bonds is 3. The molecule has 128 valence electrons. The van der Waals surface area contributed by atoms with Crippen molar-refractivity contribution in [3.63, 3.8) is 0 Å². The van der Waals surface area contributed by atoms with Crippen molar-refractivity contribution in [1.82, 2.24) is 0 Å². The van der Waals surface area contributed by atoms with Crippen molar-refractivity contribution in [2.24, 2.45) is 0 Å². The number of nitrogens with zero attached hydrogens (tertiary/aromatic N) is 2. The topological polar surface area (TPSA) is 49.9 Å². The van der Waals surface area contributed by atoms with Crippen LogP contribution in [0, 0.1) is 0 Å². The zero-order valence-corrected chi connectivity index (χ0v) is 14.5. The van der Waals surface area contributed by atoms with Gasteiger partial charge in [-0.1, -0.05) is 24.3 Å². The Hall–Kier alpha value is -2.47. The second kappa shape index (κ2) is 6.80. The normalized spacial score (nSPS) is 16.1. The fourth-order valence-electron chi connectivity index (χ4n) is 3.17. The van der Waals surface area contributed by atoms with Gasteiger partial charge in [0.1, 0.15) is 5.75 Å². The van der Waals surface area contributed by atoms with E-state index in [-0.39, 0.29) is 18.4 Å². The minimum Gasteiger partial charge on any atom is -0.482 e. The third-order valence-electron chi connectivity index (χ3n) is 4.39. The molecule has 2 aromatic carbocycles. The summed E-state index contributed by atoms with van der Waals surface area (Å²) in [5.41, 5.74) is 1.71. The molecule has 0 fully saturated rings. The highest BCUT2D eigenvalue weighted by Crippen LogP contribution is 2.35. The lowest BCUT2D eigenvalue weighted by atomic mass is 10.2. The molecule has 0 saturated heterocycles. The second-order valence-electron chi connectivity index (χ2n) is 5.91. The van der Waals surface area contributed by atoms with Crippen LogP contribution in [-0.2, 0) is 9.59 Å². The van der Waals surface area contributed by atoms with E-state index in [9.17, 15) is 9.59 Å². The standard InChI is InChI=1S/C19H18N2O3S/c22-18(21-11-12-25-17-8-4-2-6-15(17)21)9-10-20-14-5-1-3-7-16(14)24-13-19(20)23/h1-8H,9-13H2. The largest absolute Gasteiger partial charge is 0.482 e. The van der Waals surface area contributed by atoms with Gasteiger partial charge in [0.05, 0.1) is 11.4 Å². The molecule has 2 aliphatic rings. The molecule has 0 N–H and O–H groups in total. The number of carbonyl (C=O) groups is 2. The van der Waals surface area contributed by atoms with E-state index in [0.29, 0.717) is 25.3 Å². The average molecular weight is 354 g/mol. The number of carbonyl (C=O) groups excluding carboxylic acids is 2. The van der Waals surface area contributed by atoms with E-state index in [0.717, 1.165) is 22.0 Å². The lowest BCUT2D eigenvalue weighted by Crippen LogP contribution is -2.42. The third-order valence-corrected chi connectivity index (χ3v) is 5.43. The number of para-hydroxylation sites is 3. The smallest absolute Gasteiger partial charge is 0.265 e. The molecule has 4 rings (SSSR count). The first-order chi connectivity index (χ1) is 12.2.